The van der Waals surface area contributed by atoms with Crippen LogP contribution in [0.5, 0.6) is 0 Å². The molecule has 0 saturated carbocycles. The highest BCUT2D eigenvalue weighted by Crippen LogP contribution is 2.43. The van der Waals surface area contributed by atoms with Crippen molar-refractivity contribution in [2.75, 3.05) is 0 Å². The topological polar surface area (TPSA) is 61.7 Å². The maximum absolute atomic E-state index is 6.71. The van der Waals surface area contributed by atoms with Gasteiger partial charge in [-0.25, -0.2) is 4.98 Å². The summed E-state index contributed by atoms with van der Waals surface area (Å²) in [4.78, 5) is 16.5. The van der Waals surface area contributed by atoms with Crippen LogP contribution in [0.3, 0.4) is 0 Å². The van der Waals surface area contributed by atoms with Gasteiger partial charge in [-0.2, -0.15) is 9.97 Å². The number of aryl methyl sites for hydroxylation is 1. The molecule has 0 fully saturated rings. The molecule has 0 amide bonds. The molecule has 6 nitrogen and oxygen atoms in total. The minimum absolute atomic E-state index is 0.513. The fourth-order valence-electron chi connectivity index (χ4n) is 10.3. The van der Waals surface area contributed by atoms with E-state index in [0.717, 1.165) is 82.7 Å². The number of furan rings is 1. The van der Waals surface area contributed by atoms with Crippen molar-refractivity contribution in [3.05, 3.63) is 206 Å². The van der Waals surface area contributed by atoms with Gasteiger partial charge in [0.1, 0.15) is 11.2 Å². The molecule has 0 radical (unpaired) electrons. The van der Waals surface area contributed by atoms with Crippen LogP contribution < -0.4 is 0 Å². The standard InChI is InChI=1S/C60H37N5OS/c1-3-4-22-49-35(2)41-19-9-12-23-50(41)65(49)60-62-58(40-26-27-44-43-21-11-14-25-56(43)67-57(44)32-40)61-59(63-60)48-34-55-47(42-20-10-13-24-54(42)66-55)33-53(48)64-51-30-38-17-7-5-15-36(38)28-45(51)46-29-37-16-6-8-18-39(37)31-52(46)64/h3-34H,1H2,2H3/b22-4-. The molecule has 0 aliphatic heterocycles. The lowest BCUT2D eigenvalue weighted by atomic mass is 10.0. The van der Waals surface area contributed by atoms with E-state index in [2.05, 4.69) is 193 Å². The molecule has 0 aliphatic carbocycles. The second kappa shape index (κ2) is 14.4. The zero-order valence-electron chi connectivity index (χ0n) is 36.2. The van der Waals surface area contributed by atoms with Gasteiger partial charge in [0, 0.05) is 58.2 Å². The summed E-state index contributed by atoms with van der Waals surface area (Å²) in [6.07, 6.45) is 5.87. The normalized spacial score (nSPS) is 12.3. The molecule has 5 heterocycles. The first-order chi connectivity index (χ1) is 33.1. The minimum atomic E-state index is 0.513. The van der Waals surface area contributed by atoms with E-state index in [1.54, 1.807) is 17.4 Å². The zero-order chi connectivity index (χ0) is 44.3. The molecule has 314 valence electrons. The maximum atomic E-state index is 6.71. The molecule has 9 aromatic carbocycles. The summed E-state index contributed by atoms with van der Waals surface area (Å²) in [5, 5.41) is 12.7. The Morgan fingerprint density at radius 1 is 0.493 bits per heavy atom. The Hall–Kier alpha value is -8.65. The lowest BCUT2D eigenvalue weighted by molar-refractivity contribution is 0.669. The van der Waals surface area contributed by atoms with E-state index in [-0.39, 0.29) is 0 Å². The molecule has 7 heteroatoms. The third kappa shape index (κ3) is 5.71. The summed E-state index contributed by atoms with van der Waals surface area (Å²) >= 11 is 1.79. The van der Waals surface area contributed by atoms with Crippen molar-refractivity contribution in [3.8, 4) is 34.4 Å². The van der Waals surface area contributed by atoms with Crippen LogP contribution in [0.2, 0.25) is 0 Å². The van der Waals surface area contributed by atoms with Crippen molar-refractivity contribution < 1.29 is 4.42 Å². The van der Waals surface area contributed by atoms with Crippen molar-refractivity contribution in [3.63, 3.8) is 0 Å². The molecular weight excluding hydrogens is 839 g/mol. The summed E-state index contributed by atoms with van der Waals surface area (Å²) in [6, 6.07) is 62.9. The van der Waals surface area contributed by atoms with E-state index in [9.17, 15) is 0 Å². The lowest BCUT2D eigenvalue weighted by Crippen LogP contribution is -2.09. The van der Waals surface area contributed by atoms with Crippen molar-refractivity contribution in [1.29, 1.82) is 0 Å². The molecule has 0 unspecified atom stereocenters. The Morgan fingerprint density at radius 3 is 1.87 bits per heavy atom. The van der Waals surface area contributed by atoms with E-state index in [0.29, 0.717) is 17.6 Å². The van der Waals surface area contributed by atoms with Crippen LogP contribution in [-0.2, 0) is 0 Å². The maximum Gasteiger partial charge on any atom is 0.238 e. The van der Waals surface area contributed by atoms with Gasteiger partial charge < -0.3 is 8.98 Å². The molecular formula is C60H37N5OS. The smallest absolute Gasteiger partial charge is 0.238 e. The third-order valence-electron chi connectivity index (χ3n) is 13.5. The first kappa shape index (κ1) is 37.7. The second-order valence-corrected chi connectivity index (χ2v) is 18.4. The number of nitrogens with zero attached hydrogens (tertiary/aromatic N) is 5. The number of thiophene rings is 1. The number of benzene rings is 9. The predicted octanol–water partition coefficient (Wildman–Crippen LogP) is 16.3. The summed E-state index contributed by atoms with van der Waals surface area (Å²) in [5.41, 5.74) is 9.50. The van der Waals surface area contributed by atoms with Crippen LogP contribution in [0.4, 0.5) is 0 Å². The van der Waals surface area contributed by atoms with Crippen LogP contribution in [0.25, 0.3) is 137 Å². The van der Waals surface area contributed by atoms with Gasteiger partial charge in [0.25, 0.3) is 0 Å². The molecule has 0 bridgehead atoms. The first-order valence-corrected chi connectivity index (χ1v) is 23.3. The number of aromatic nitrogens is 5. The van der Waals surface area contributed by atoms with Crippen molar-refractivity contribution >= 4 is 114 Å². The number of hydrogen-bond acceptors (Lipinski definition) is 5. The highest BCUT2D eigenvalue weighted by molar-refractivity contribution is 7.25. The highest BCUT2D eigenvalue weighted by Gasteiger charge is 2.25. The van der Waals surface area contributed by atoms with Crippen molar-refractivity contribution in [1.82, 2.24) is 24.1 Å². The molecule has 14 aromatic rings. The van der Waals surface area contributed by atoms with Crippen LogP contribution in [0.15, 0.2) is 199 Å². The second-order valence-electron chi connectivity index (χ2n) is 17.3. The Morgan fingerprint density at radius 2 is 1.12 bits per heavy atom. The van der Waals surface area contributed by atoms with Crippen LogP contribution in [0, 0.1) is 6.92 Å². The average molecular weight is 876 g/mol. The highest BCUT2D eigenvalue weighted by atomic mass is 32.1. The van der Waals surface area contributed by atoms with Crippen molar-refractivity contribution in [2.45, 2.75) is 6.92 Å². The van der Waals surface area contributed by atoms with Gasteiger partial charge in [-0.05, 0) is 101 Å². The zero-order valence-corrected chi connectivity index (χ0v) is 37.1. The molecule has 0 aliphatic rings. The van der Waals surface area contributed by atoms with E-state index in [1.807, 2.05) is 18.2 Å². The van der Waals surface area contributed by atoms with Crippen molar-refractivity contribution in [2.24, 2.45) is 0 Å². The predicted molar refractivity (Wildman–Crippen MR) is 281 cm³/mol. The summed E-state index contributed by atoms with van der Waals surface area (Å²) < 4.78 is 13.7. The number of para-hydroxylation sites is 2. The van der Waals surface area contributed by atoms with Crippen LogP contribution in [0.1, 0.15) is 11.3 Å². The number of fused-ring (bicyclic) bond motifs is 12. The summed E-state index contributed by atoms with van der Waals surface area (Å²) in [6.45, 7) is 6.17. The van der Waals surface area contributed by atoms with E-state index in [1.165, 1.54) is 41.7 Å². The fraction of sp³-hybridized carbons (Fsp3) is 0.0167. The van der Waals surface area contributed by atoms with Gasteiger partial charge in [-0.1, -0.05) is 134 Å². The van der Waals surface area contributed by atoms with Gasteiger partial charge in [0.15, 0.2) is 11.6 Å². The molecule has 0 N–H and O–H groups in total. The summed E-state index contributed by atoms with van der Waals surface area (Å²) in [7, 11) is 0. The fourth-order valence-corrected chi connectivity index (χ4v) is 11.5. The summed E-state index contributed by atoms with van der Waals surface area (Å²) in [5.74, 6) is 1.61. The number of allylic oxidation sites excluding steroid dienone is 2. The largest absolute Gasteiger partial charge is 0.456 e. The van der Waals surface area contributed by atoms with E-state index < -0.39 is 0 Å². The van der Waals surface area contributed by atoms with Gasteiger partial charge in [-0.15, -0.1) is 11.3 Å². The molecule has 0 saturated heterocycles. The average Bonchev–Trinajstić information content (AvgIpc) is 4.10. The minimum Gasteiger partial charge on any atom is -0.456 e. The molecule has 0 atom stereocenters. The lowest BCUT2D eigenvalue weighted by Gasteiger charge is -2.16. The van der Waals surface area contributed by atoms with Gasteiger partial charge in [-0.3, -0.25) is 4.57 Å². The van der Waals surface area contributed by atoms with Crippen LogP contribution >= 0.6 is 11.3 Å². The quantitative estimate of drug-likeness (QED) is 0.156. The van der Waals surface area contributed by atoms with Crippen LogP contribution in [-0.4, -0.2) is 24.1 Å². The van der Waals surface area contributed by atoms with E-state index in [4.69, 9.17) is 19.4 Å². The molecule has 0 spiro atoms. The monoisotopic (exact) mass is 875 g/mol. The van der Waals surface area contributed by atoms with Gasteiger partial charge in [0.2, 0.25) is 5.95 Å². The Bertz CT molecular complexity index is 4350. The number of hydrogen-bond donors (Lipinski definition) is 0. The number of rotatable bonds is 6. The van der Waals surface area contributed by atoms with Gasteiger partial charge >= 0.3 is 0 Å². The Balaban J connectivity index is 1.13. The SMILES string of the molecule is C=C/C=C\c1c(C)c2ccccc2n1-c1nc(-c2ccc3c(c2)sc2ccccc23)nc(-c2cc3oc4ccccc4c3cc2-n2c3cc4ccccc4cc3c3cc4ccccc4cc32)n1. The Kier molecular flexibility index (Phi) is 8.12. The molecule has 67 heavy (non-hydrogen) atoms. The first-order valence-electron chi connectivity index (χ1n) is 22.5. The molecule has 5 aromatic heterocycles. The third-order valence-corrected chi connectivity index (χ3v) is 14.6. The molecule has 14 rings (SSSR count). The van der Waals surface area contributed by atoms with E-state index >= 15 is 0 Å². The van der Waals surface area contributed by atoms with Gasteiger partial charge in [0.05, 0.1) is 27.9 Å². The Labute approximate surface area is 387 Å².